The second-order valence-electron chi connectivity index (χ2n) is 3.77. The van der Waals surface area contributed by atoms with Crippen LogP contribution in [0.3, 0.4) is 0 Å². The van der Waals surface area contributed by atoms with Crippen molar-refractivity contribution >= 4 is 14.0 Å². The molecular formula is C8H15BN2O2. The maximum Gasteiger partial charge on any atom is 0.304 e. The number of carboxylic acids is 1. The molecule has 1 rings (SSSR count). The van der Waals surface area contributed by atoms with Gasteiger partial charge in [-0.2, -0.15) is 0 Å². The highest BCUT2D eigenvalue weighted by atomic mass is 16.4. The van der Waals surface area contributed by atoms with Gasteiger partial charge in [0, 0.05) is 25.2 Å². The highest BCUT2D eigenvalue weighted by Crippen LogP contribution is 2.14. The van der Waals surface area contributed by atoms with E-state index in [1.807, 2.05) is 14.0 Å². The van der Waals surface area contributed by atoms with E-state index in [4.69, 9.17) is 13.1 Å². The molecule has 1 N–H and O–H groups in total. The molecule has 2 atom stereocenters. The highest BCUT2D eigenvalue weighted by Gasteiger charge is 2.28. The van der Waals surface area contributed by atoms with E-state index in [0.717, 1.165) is 13.1 Å². The minimum Gasteiger partial charge on any atom is -0.481 e. The van der Waals surface area contributed by atoms with Gasteiger partial charge in [-0.25, -0.2) is 0 Å². The van der Waals surface area contributed by atoms with Gasteiger partial charge in [0.1, 0.15) is 0 Å². The summed E-state index contributed by atoms with van der Waals surface area (Å²) in [5.74, 6) is -0.789. The second kappa shape index (κ2) is 4.11. The molecule has 1 saturated heterocycles. The van der Waals surface area contributed by atoms with Crippen molar-refractivity contribution in [3.63, 3.8) is 0 Å². The number of hydrogen-bond donors (Lipinski definition) is 1. The van der Waals surface area contributed by atoms with Gasteiger partial charge in [-0.05, 0) is 14.0 Å². The van der Waals surface area contributed by atoms with E-state index in [2.05, 4.69) is 4.90 Å². The molecule has 72 valence electrons. The maximum atomic E-state index is 10.5. The number of aliphatic carboxylic acids is 1. The van der Waals surface area contributed by atoms with Crippen LogP contribution in [0.15, 0.2) is 0 Å². The summed E-state index contributed by atoms with van der Waals surface area (Å²) in [5.41, 5.74) is 0. The van der Waals surface area contributed by atoms with E-state index in [1.54, 1.807) is 4.81 Å². The topological polar surface area (TPSA) is 43.8 Å². The van der Waals surface area contributed by atoms with Crippen LogP contribution in [-0.4, -0.2) is 61.0 Å². The third-order valence-corrected chi connectivity index (χ3v) is 2.44. The van der Waals surface area contributed by atoms with Crippen molar-refractivity contribution < 1.29 is 9.90 Å². The smallest absolute Gasteiger partial charge is 0.304 e. The Labute approximate surface area is 79.9 Å². The number of rotatable bonds is 2. The molecule has 2 radical (unpaired) electrons. The summed E-state index contributed by atoms with van der Waals surface area (Å²) >= 11 is 0. The van der Waals surface area contributed by atoms with Crippen molar-refractivity contribution in [1.29, 1.82) is 0 Å². The Morgan fingerprint density at radius 3 is 2.77 bits per heavy atom. The minimum atomic E-state index is -0.789. The Balaban J connectivity index is 2.55. The van der Waals surface area contributed by atoms with Crippen molar-refractivity contribution in [2.75, 3.05) is 20.1 Å². The van der Waals surface area contributed by atoms with E-state index in [9.17, 15) is 4.79 Å². The average Bonchev–Trinajstić information content (AvgIpc) is 1.98. The lowest BCUT2D eigenvalue weighted by molar-refractivity contribution is -0.138. The fraction of sp³-hybridized carbons (Fsp3) is 0.875. The Morgan fingerprint density at radius 1 is 1.62 bits per heavy atom. The Bertz CT molecular complexity index is 201. The highest BCUT2D eigenvalue weighted by molar-refractivity contribution is 6.05. The van der Waals surface area contributed by atoms with Gasteiger partial charge < -0.3 is 14.8 Å². The van der Waals surface area contributed by atoms with Gasteiger partial charge in [-0.3, -0.25) is 4.79 Å². The minimum absolute atomic E-state index is 0.0637. The number of piperazine rings is 1. The number of carbonyl (C=O) groups is 1. The van der Waals surface area contributed by atoms with E-state index >= 15 is 0 Å². The first-order valence-electron chi connectivity index (χ1n) is 4.44. The molecule has 1 heterocycles. The van der Waals surface area contributed by atoms with Crippen LogP contribution in [0.1, 0.15) is 13.3 Å². The lowest BCUT2D eigenvalue weighted by Crippen LogP contribution is -2.56. The van der Waals surface area contributed by atoms with E-state index in [-0.39, 0.29) is 18.5 Å². The normalized spacial score (nSPS) is 31.8. The van der Waals surface area contributed by atoms with Crippen molar-refractivity contribution in [2.45, 2.75) is 25.4 Å². The van der Waals surface area contributed by atoms with Crippen molar-refractivity contribution in [2.24, 2.45) is 0 Å². The summed E-state index contributed by atoms with van der Waals surface area (Å²) in [6.07, 6.45) is 0.116. The number of nitrogens with zero attached hydrogens (tertiary/aromatic N) is 2. The summed E-state index contributed by atoms with van der Waals surface area (Å²) in [7, 11) is 7.76. The largest absolute Gasteiger partial charge is 0.481 e. The summed E-state index contributed by atoms with van der Waals surface area (Å²) in [6, 6.07) is 0.161. The van der Waals surface area contributed by atoms with Gasteiger partial charge >= 0.3 is 5.97 Å². The van der Waals surface area contributed by atoms with Crippen LogP contribution < -0.4 is 0 Å². The zero-order valence-electron chi connectivity index (χ0n) is 8.10. The first-order valence-corrected chi connectivity index (χ1v) is 4.44. The molecule has 1 fully saturated rings. The Morgan fingerprint density at radius 2 is 2.23 bits per heavy atom. The average molecular weight is 182 g/mol. The molecule has 13 heavy (non-hydrogen) atoms. The summed E-state index contributed by atoms with van der Waals surface area (Å²) in [4.78, 5) is 14.3. The SMILES string of the molecule is [B]N1C(C)CN(C)CC1CC(=O)O. The third-order valence-electron chi connectivity index (χ3n) is 2.44. The monoisotopic (exact) mass is 182 g/mol. The first-order chi connectivity index (χ1) is 6.00. The molecular weight excluding hydrogens is 167 g/mol. The molecule has 0 saturated carbocycles. The Kier molecular flexibility index (Phi) is 3.33. The van der Waals surface area contributed by atoms with Gasteiger partial charge in [0.15, 0.2) is 7.98 Å². The van der Waals surface area contributed by atoms with Gasteiger partial charge in [-0.1, -0.05) is 0 Å². The maximum absolute atomic E-state index is 10.5. The van der Waals surface area contributed by atoms with Crippen molar-refractivity contribution in [3.05, 3.63) is 0 Å². The quantitative estimate of drug-likeness (QED) is 0.587. The van der Waals surface area contributed by atoms with Crippen molar-refractivity contribution in [3.8, 4) is 0 Å². The molecule has 0 amide bonds. The summed E-state index contributed by atoms with van der Waals surface area (Å²) in [5, 5.41) is 8.66. The zero-order valence-corrected chi connectivity index (χ0v) is 8.10. The van der Waals surface area contributed by atoms with Crippen LogP contribution in [0.4, 0.5) is 0 Å². The van der Waals surface area contributed by atoms with Crippen LogP contribution in [-0.2, 0) is 4.79 Å². The first kappa shape index (κ1) is 10.5. The molecule has 1 aliphatic rings. The van der Waals surface area contributed by atoms with Crippen LogP contribution in [0, 0.1) is 0 Å². The van der Waals surface area contributed by atoms with E-state index < -0.39 is 5.97 Å². The van der Waals surface area contributed by atoms with Gasteiger partial charge in [0.2, 0.25) is 0 Å². The second-order valence-corrected chi connectivity index (χ2v) is 3.77. The molecule has 0 spiro atoms. The molecule has 0 aromatic rings. The lowest BCUT2D eigenvalue weighted by Gasteiger charge is -2.42. The van der Waals surface area contributed by atoms with E-state index in [1.165, 1.54) is 0 Å². The van der Waals surface area contributed by atoms with Gasteiger partial charge in [-0.15, -0.1) is 0 Å². The number of carboxylic acid groups (broad SMARTS) is 1. The van der Waals surface area contributed by atoms with Gasteiger partial charge in [0.05, 0.1) is 6.42 Å². The van der Waals surface area contributed by atoms with Crippen LogP contribution >= 0.6 is 0 Å². The molecule has 5 heteroatoms. The lowest BCUT2D eigenvalue weighted by atomic mass is 10.00. The predicted octanol–water partition coefficient (Wildman–Crippen LogP) is -0.451. The predicted molar refractivity (Wildman–Crippen MR) is 50.6 cm³/mol. The molecule has 4 nitrogen and oxygen atoms in total. The van der Waals surface area contributed by atoms with Crippen LogP contribution in [0.25, 0.3) is 0 Å². The van der Waals surface area contributed by atoms with Crippen molar-refractivity contribution in [1.82, 2.24) is 9.71 Å². The fourth-order valence-electron chi connectivity index (χ4n) is 1.81. The Hall–Kier alpha value is -0.545. The summed E-state index contributed by atoms with van der Waals surface area (Å²) in [6.45, 7) is 3.63. The summed E-state index contributed by atoms with van der Waals surface area (Å²) < 4.78 is 0. The molecule has 0 aromatic carbocycles. The molecule has 0 aromatic heterocycles. The number of hydrogen-bond acceptors (Lipinski definition) is 3. The number of likely N-dealkylation sites (N-methyl/N-ethyl adjacent to an activating group) is 1. The molecule has 0 bridgehead atoms. The van der Waals surface area contributed by atoms with Gasteiger partial charge in [0.25, 0.3) is 0 Å². The standard InChI is InChI=1S/C8H15BN2O2/c1-6-4-10(2)5-7(11(6)9)3-8(12)13/h6-7H,3-5H2,1-2H3,(H,12,13). The molecule has 2 unspecified atom stereocenters. The molecule has 0 aliphatic carbocycles. The fourth-order valence-corrected chi connectivity index (χ4v) is 1.81. The zero-order chi connectivity index (χ0) is 10.0. The van der Waals surface area contributed by atoms with Crippen LogP contribution in [0.5, 0.6) is 0 Å². The third kappa shape index (κ3) is 2.71. The molecule has 1 aliphatic heterocycles. The van der Waals surface area contributed by atoms with E-state index in [0.29, 0.717) is 0 Å². The van der Waals surface area contributed by atoms with Crippen LogP contribution in [0.2, 0.25) is 0 Å².